The van der Waals surface area contributed by atoms with Crippen molar-refractivity contribution >= 4 is 28.7 Å². The Labute approximate surface area is 199 Å². The van der Waals surface area contributed by atoms with Crippen LogP contribution < -0.4 is 10.6 Å². The number of nitrogens with zero attached hydrogens (tertiary/aromatic N) is 4. The number of benzene rings is 2. The molecule has 5 rings (SSSR count). The van der Waals surface area contributed by atoms with Gasteiger partial charge in [0.1, 0.15) is 11.3 Å². The molecule has 0 radical (unpaired) electrons. The Balaban J connectivity index is 0.00000274. The summed E-state index contributed by atoms with van der Waals surface area (Å²) in [5, 5.41) is 16.5. The summed E-state index contributed by atoms with van der Waals surface area (Å²) >= 11 is 0. The van der Waals surface area contributed by atoms with Crippen molar-refractivity contribution in [3.63, 3.8) is 0 Å². The predicted octanol–water partition coefficient (Wildman–Crippen LogP) is 5.99. The van der Waals surface area contributed by atoms with E-state index < -0.39 is 0 Å². The summed E-state index contributed by atoms with van der Waals surface area (Å²) in [6.45, 7) is 2.06. The molecule has 0 bridgehead atoms. The Morgan fingerprint density at radius 1 is 1.00 bits per heavy atom. The Hall–Kier alpha value is -3.52. The zero-order valence-corrected chi connectivity index (χ0v) is 18.4. The van der Waals surface area contributed by atoms with Crippen LogP contribution >= 0.6 is 0 Å². The van der Waals surface area contributed by atoms with E-state index in [4.69, 9.17) is 9.97 Å². The standard InChI is InChI=1S/C25H27FN6O.CH4/c1-16(17-7-3-2-4-8-17)28-24-27-15-22-23(31-24)32(18-11-13-19(33)14-12-18)25(30-22)29-21-10-6-5-9-20(21)26;/h2-10,15-16,18-19,33H,11-14H2,1H3,(H,29,30)(H,27,28,31);1H4. The van der Waals surface area contributed by atoms with Gasteiger partial charge in [-0.2, -0.15) is 4.98 Å². The van der Waals surface area contributed by atoms with Crippen LogP contribution in [-0.2, 0) is 0 Å². The predicted molar refractivity (Wildman–Crippen MR) is 134 cm³/mol. The molecule has 1 unspecified atom stereocenters. The number of rotatable bonds is 6. The molecule has 1 atom stereocenters. The average Bonchev–Trinajstić information content (AvgIpc) is 3.19. The number of halogens is 1. The van der Waals surface area contributed by atoms with Crippen LogP contribution in [-0.4, -0.2) is 30.7 Å². The largest absolute Gasteiger partial charge is 0.393 e. The molecular formula is C26H31FN6O. The van der Waals surface area contributed by atoms with Crippen molar-refractivity contribution in [3.8, 4) is 0 Å². The summed E-state index contributed by atoms with van der Waals surface area (Å²) in [4.78, 5) is 14.0. The zero-order valence-electron chi connectivity index (χ0n) is 18.4. The fourth-order valence-electron chi connectivity index (χ4n) is 4.41. The first-order valence-electron chi connectivity index (χ1n) is 11.3. The van der Waals surface area contributed by atoms with Crippen LogP contribution in [0.2, 0.25) is 0 Å². The Morgan fingerprint density at radius 3 is 2.44 bits per heavy atom. The first-order valence-corrected chi connectivity index (χ1v) is 11.3. The molecule has 3 N–H and O–H groups in total. The first kappa shape index (κ1) is 23.6. The van der Waals surface area contributed by atoms with Crippen LogP contribution in [0.1, 0.15) is 57.7 Å². The second-order valence-electron chi connectivity index (χ2n) is 8.55. The maximum Gasteiger partial charge on any atom is 0.225 e. The fraction of sp³-hybridized carbons (Fsp3) is 0.346. The molecule has 1 saturated carbocycles. The van der Waals surface area contributed by atoms with E-state index in [9.17, 15) is 9.50 Å². The summed E-state index contributed by atoms with van der Waals surface area (Å²) in [5.74, 6) is 0.688. The van der Waals surface area contributed by atoms with Crippen molar-refractivity contribution in [1.82, 2.24) is 19.5 Å². The van der Waals surface area contributed by atoms with Gasteiger partial charge in [0.2, 0.25) is 11.9 Å². The van der Waals surface area contributed by atoms with Gasteiger partial charge in [-0.1, -0.05) is 49.9 Å². The van der Waals surface area contributed by atoms with Crippen LogP contribution in [0.15, 0.2) is 60.8 Å². The average molecular weight is 463 g/mol. The minimum atomic E-state index is -0.347. The normalized spacial score (nSPS) is 18.8. The van der Waals surface area contributed by atoms with E-state index in [0.717, 1.165) is 18.4 Å². The van der Waals surface area contributed by atoms with Crippen molar-refractivity contribution < 1.29 is 9.50 Å². The van der Waals surface area contributed by atoms with Gasteiger partial charge in [0.05, 0.1) is 24.0 Å². The molecule has 4 aromatic rings. The lowest BCUT2D eigenvalue weighted by molar-refractivity contribution is 0.112. The molecule has 178 valence electrons. The number of fused-ring (bicyclic) bond motifs is 1. The maximum atomic E-state index is 14.4. The molecule has 1 fully saturated rings. The highest BCUT2D eigenvalue weighted by Gasteiger charge is 2.26. The Morgan fingerprint density at radius 2 is 1.71 bits per heavy atom. The van der Waals surface area contributed by atoms with Gasteiger partial charge in [-0.25, -0.2) is 14.4 Å². The number of aromatic nitrogens is 4. The SMILES string of the molecule is C.CC(Nc1ncc2nc(Nc3ccccc3F)n(C3CCC(O)CC3)c2n1)c1ccccc1. The van der Waals surface area contributed by atoms with Crippen LogP contribution in [0, 0.1) is 5.82 Å². The summed E-state index contributed by atoms with van der Waals surface area (Å²) in [7, 11) is 0. The topological polar surface area (TPSA) is 87.9 Å². The molecule has 2 heterocycles. The second kappa shape index (κ2) is 10.2. The summed E-state index contributed by atoms with van der Waals surface area (Å²) < 4.78 is 16.4. The zero-order chi connectivity index (χ0) is 22.8. The Kier molecular flexibility index (Phi) is 7.07. The van der Waals surface area contributed by atoms with Crippen LogP contribution in [0.3, 0.4) is 0 Å². The van der Waals surface area contributed by atoms with E-state index in [1.807, 2.05) is 22.8 Å². The van der Waals surface area contributed by atoms with E-state index in [0.29, 0.717) is 41.6 Å². The number of hydrogen-bond donors (Lipinski definition) is 3. The number of aliphatic hydroxyl groups excluding tert-OH is 1. The quantitative estimate of drug-likeness (QED) is 0.326. The highest BCUT2D eigenvalue weighted by molar-refractivity contribution is 5.76. The van der Waals surface area contributed by atoms with Crippen LogP contribution in [0.25, 0.3) is 11.2 Å². The van der Waals surface area contributed by atoms with Gasteiger partial charge in [0.15, 0.2) is 5.65 Å². The molecule has 34 heavy (non-hydrogen) atoms. The molecule has 7 nitrogen and oxygen atoms in total. The molecule has 0 amide bonds. The number of para-hydroxylation sites is 1. The summed E-state index contributed by atoms with van der Waals surface area (Å²) in [5.41, 5.74) is 2.82. The maximum absolute atomic E-state index is 14.4. The lowest BCUT2D eigenvalue weighted by atomic mass is 9.93. The lowest BCUT2D eigenvalue weighted by Crippen LogP contribution is -2.22. The molecule has 1 aliphatic carbocycles. The van der Waals surface area contributed by atoms with E-state index in [2.05, 4.69) is 34.7 Å². The monoisotopic (exact) mass is 462 g/mol. The second-order valence-corrected chi connectivity index (χ2v) is 8.55. The van der Waals surface area contributed by atoms with Crippen molar-refractivity contribution in [2.45, 2.75) is 58.2 Å². The molecule has 0 aliphatic heterocycles. The fourth-order valence-corrected chi connectivity index (χ4v) is 4.41. The van der Waals surface area contributed by atoms with E-state index in [-0.39, 0.29) is 31.4 Å². The van der Waals surface area contributed by atoms with Crippen molar-refractivity contribution in [1.29, 1.82) is 0 Å². The van der Waals surface area contributed by atoms with Gasteiger partial charge in [0.25, 0.3) is 0 Å². The van der Waals surface area contributed by atoms with Gasteiger partial charge < -0.3 is 15.7 Å². The van der Waals surface area contributed by atoms with Crippen LogP contribution in [0.4, 0.5) is 22.0 Å². The molecular weight excluding hydrogens is 431 g/mol. The first-order chi connectivity index (χ1) is 16.1. The minimum Gasteiger partial charge on any atom is -0.393 e. The highest BCUT2D eigenvalue weighted by Crippen LogP contribution is 2.35. The minimum absolute atomic E-state index is 0. The van der Waals surface area contributed by atoms with Gasteiger partial charge in [-0.05, 0) is 50.3 Å². The Bertz CT molecular complexity index is 1240. The van der Waals surface area contributed by atoms with Gasteiger partial charge in [0, 0.05) is 6.04 Å². The summed E-state index contributed by atoms with van der Waals surface area (Å²) in [6.07, 6.45) is 4.44. The van der Waals surface area contributed by atoms with Crippen molar-refractivity contribution in [3.05, 3.63) is 72.2 Å². The molecule has 2 aromatic carbocycles. The molecule has 0 spiro atoms. The third kappa shape index (κ3) is 4.87. The molecule has 1 aliphatic rings. The smallest absolute Gasteiger partial charge is 0.225 e. The molecule has 2 aromatic heterocycles. The van der Waals surface area contributed by atoms with Gasteiger partial charge >= 0.3 is 0 Å². The van der Waals surface area contributed by atoms with Crippen molar-refractivity contribution in [2.24, 2.45) is 0 Å². The van der Waals surface area contributed by atoms with E-state index >= 15 is 0 Å². The van der Waals surface area contributed by atoms with Crippen molar-refractivity contribution in [2.75, 3.05) is 10.6 Å². The number of hydrogen-bond acceptors (Lipinski definition) is 6. The summed E-state index contributed by atoms with van der Waals surface area (Å²) in [6, 6.07) is 16.8. The third-order valence-corrected chi connectivity index (χ3v) is 6.23. The van der Waals surface area contributed by atoms with E-state index in [1.165, 1.54) is 6.07 Å². The number of aliphatic hydroxyl groups is 1. The third-order valence-electron chi connectivity index (χ3n) is 6.23. The molecule has 0 saturated heterocycles. The van der Waals surface area contributed by atoms with Gasteiger partial charge in [-0.15, -0.1) is 0 Å². The van der Waals surface area contributed by atoms with Crippen LogP contribution in [0.5, 0.6) is 0 Å². The van der Waals surface area contributed by atoms with Gasteiger partial charge in [-0.3, -0.25) is 4.57 Å². The lowest BCUT2D eigenvalue weighted by Gasteiger charge is -2.28. The highest BCUT2D eigenvalue weighted by atomic mass is 19.1. The van der Waals surface area contributed by atoms with E-state index in [1.54, 1.807) is 24.4 Å². The number of imidazole rings is 1. The number of nitrogens with one attached hydrogen (secondary N) is 2. The number of anilines is 3. The molecule has 8 heteroatoms.